The van der Waals surface area contributed by atoms with E-state index in [4.69, 9.17) is 14.2 Å². The minimum Gasteiger partial charge on any atom is -0.379 e. The minimum atomic E-state index is -0.0470. The Labute approximate surface area is 207 Å². The third kappa shape index (κ3) is 5.21. The van der Waals surface area contributed by atoms with Gasteiger partial charge in [0.25, 0.3) is 0 Å². The summed E-state index contributed by atoms with van der Waals surface area (Å²) < 4.78 is 17.7. The molecule has 6 unspecified atom stereocenters. The second-order valence-corrected chi connectivity index (χ2v) is 12.0. The van der Waals surface area contributed by atoms with Gasteiger partial charge in [0, 0.05) is 38.6 Å². The van der Waals surface area contributed by atoms with Crippen molar-refractivity contribution in [2.24, 2.45) is 11.8 Å². The number of hydrogen-bond donors (Lipinski definition) is 3. The number of nitrogens with zero attached hydrogens (tertiary/aromatic N) is 2. The molecule has 0 aromatic carbocycles. The normalized spacial score (nSPS) is 44.9. The number of ether oxygens (including phenoxy) is 3. The number of carbonyl (C=O) groups excluding carboxylic acids is 1. The van der Waals surface area contributed by atoms with Gasteiger partial charge in [-0.2, -0.15) is 0 Å². The molecule has 3 N–H and O–H groups in total. The van der Waals surface area contributed by atoms with Gasteiger partial charge in [0.2, 0.25) is 0 Å². The maximum Gasteiger partial charge on any atom is 0.152 e. The summed E-state index contributed by atoms with van der Waals surface area (Å²) in [7, 11) is 0. The van der Waals surface area contributed by atoms with Crippen LogP contribution in [0.5, 0.6) is 0 Å². The van der Waals surface area contributed by atoms with Gasteiger partial charge in [-0.15, -0.1) is 11.8 Å². The fourth-order valence-electron chi connectivity index (χ4n) is 6.80. The average molecular weight is 496 g/mol. The zero-order valence-corrected chi connectivity index (χ0v) is 21.0. The number of thioether (sulfide) groups is 1. The van der Waals surface area contributed by atoms with Crippen molar-refractivity contribution in [3.63, 3.8) is 0 Å². The summed E-state index contributed by atoms with van der Waals surface area (Å²) in [6.45, 7) is 6.87. The molecule has 9 nitrogen and oxygen atoms in total. The molecule has 0 bridgehead atoms. The first-order valence-electron chi connectivity index (χ1n) is 13.4. The Morgan fingerprint density at radius 1 is 0.971 bits per heavy atom. The largest absolute Gasteiger partial charge is 0.379 e. The van der Waals surface area contributed by atoms with Crippen molar-refractivity contribution in [1.29, 1.82) is 0 Å². The van der Waals surface area contributed by atoms with Crippen LogP contribution >= 0.6 is 11.8 Å². The minimum absolute atomic E-state index is 0.0470. The number of rotatable bonds is 5. The Morgan fingerprint density at radius 2 is 1.76 bits per heavy atom. The summed E-state index contributed by atoms with van der Waals surface area (Å²) in [5.74, 6) is 2.65. The summed E-state index contributed by atoms with van der Waals surface area (Å²) >= 11 is 1.86. The molecule has 0 radical (unpaired) electrons. The molecule has 34 heavy (non-hydrogen) atoms. The maximum atomic E-state index is 13.0. The summed E-state index contributed by atoms with van der Waals surface area (Å²) in [5, 5.41) is 11.2. The molecule has 0 aromatic heterocycles. The zero-order valence-electron chi connectivity index (χ0n) is 20.2. The molecule has 6 atom stereocenters. The Kier molecular flexibility index (Phi) is 7.77. The highest BCUT2D eigenvalue weighted by molar-refractivity contribution is 8.01. The number of nitrogens with one attached hydrogen (secondary N) is 3. The van der Waals surface area contributed by atoms with E-state index in [-0.39, 0.29) is 23.9 Å². The molecule has 6 aliphatic rings. The number of carbonyl (C=O) groups is 1. The van der Waals surface area contributed by atoms with Crippen molar-refractivity contribution in [3.8, 4) is 0 Å². The number of hydrogen-bond acceptors (Lipinski definition) is 10. The lowest BCUT2D eigenvalue weighted by molar-refractivity contribution is -0.170. The zero-order chi connectivity index (χ0) is 22.9. The Balaban J connectivity index is 0.999. The van der Waals surface area contributed by atoms with E-state index in [1.807, 2.05) is 11.8 Å². The van der Waals surface area contributed by atoms with Crippen LogP contribution in [-0.2, 0) is 19.0 Å². The lowest BCUT2D eigenvalue weighted by Crippen LogP contribution is -2.66. The van der Waals surface area contributed by atoms with Gasteiger partial charge in [-0.1, -0.05) is 0 Å². The molecule has 6 rings (SSSR count). The molecule has 5 saturated heterocycles. The van der Waals surface area contributed by atoms with Gasteiger partial charge < -0.3 is 14.2 Å². The topological polar surface area (TPSA) is 87.3 Å². The van der Waals surface area contributed by atoms with Crippen LogP contribution < -0.4 is 16.0 Å². The van der Waals surface area contributed by atoms with Gasteiger partial charge in [0.05, 0.1) is 37.3 Å². The van der Waals surface area contributed by atoms with Crippen LogP contribution in [-0.4, -0.2) is 110 Å². The number of fused-ring (bicyclic) bond motifs is 1. The second-order valence-electron chi connectivity index (χ2n) is 10.8. The van der Waals surface area contributed by atoms with Crippen LogP contribution in [0, 0.1) is 11.8 Å². The predicted molar refractivity (Wildman–Crippen MR) is 130 cm³/mol. The first-order valence-corrected chi connectivity index (χ1v) is 14.5. The first kappa shape index (κ1) is 24.1. The monoisotopic (exact) mass is 495 g/mol. The molecular weight excluding hydrogens is 454 g/mol. The van der Waals surface area contributed by atoms with E-state index < -0.39 is 0 Å². The van der Waals surface area contributed by atoms with Crippen LogP contribution in [0.3, 0.4) is 0 Å². The van der Waals surface area contributed by atoms with E-state index in [0.717, 1.165) is 64.9 Å². The SMILES string of the molecule is O=C1CC(N2CCOCC2)OC2C1SCC2C1CCC(NC2NCCC(N3CCOC3)N2)CC1. The van der Waals surface area contributed by atoms with Gasteiger partial charge in [0.15, 0.2) is 5.78 Å². The Hall–Kier alpha value is -0.300. The van der Waals surface area contributed by atoms with Crippen molar-refractivity contribution in [2.45, 2.75) is 74.6 Å². The molecule has 0 spiro atoms. The Bertz CT molecular complexity index is 699. The van der Waals surface area contributed by atoms with Gasteiger partial charge in [-0.25, -0.2) is 0 Å². The van der Waals surface area contributed by atoms with Crippen molar-refractivity contribution in [2.75, 3.05) is 58.5 Å². The molecule has 192 valence electrons. The molecule has 0 amide bonds. The third-order valence-corrected chi connectivity index (χ3v) is 10.2. The highest BCUT2D eigenvalue weighted by atomic mass is 32.2. The maximum absolute atomic E-state index is 13.0. The average Bonchev–Trinajstić information content (AvgIpc) is 3.56. The standard InChI is InChI=1S/C24H41N5O4S/c30-19-13-21(28-7-10-31-11-8-28)33-22-18(14-34-23(19)22)16-1-3-17(4-2-16)26-24-25-6-5-20(27-24)29-9-12-32-15-29/h16-18,20-27H,1-15H2. The highest BCUT2D eigenvalue weighted by Gasteiger charge is 2.50. The van der Waals surface area contributed by atoms with Gasteiger partial charge in [-0.3, -0.25) is 30.5 Å². The van der Waals surface area contributed by atoms with Crippen LogP contribution in [0.1, 0.15) is 38.5 Å². The molecule has 5 heterocycles. The molecule has 6 fully saturated rings. The first-order chi connectivity index (χ1) is 16.7. The van der Waals surface area contributed by atoms with Gasteiger partial charge in [-0.05, 0) is 49.7 Å². The van der Waals surface area contributed by atoms with E-state index in [1.54, 1.807) is 0 Å². The van der Waals surface area contributed by atoms with E-state index >= 15 is 0 Å². The molecule has 1 saturated carbocycles. The van der Waals surface area contributed by atoms with Gasteiger partial charge in [0.1, 0.15) is 19.2 Å². The predicted octanol–water partition coefficient (Wildman–Crippen LogP) is 0.365. The molecular formula is C24H41N5O4S. The van der Waals surface area contributed by atoms with Crippen LogP contribution in [0.15, 0.2) is 0 Å². The van der Waals surface area contributed by atoms with Crippen LogP contribution in [0.4, 0.5) is 0 Å². The quantitative estimate of drug-likeness (QED) is 0.497. The van der Waals surface area contributed by atoms with E-state index in [0.29, 0.717) is 36.2 Å². The van der Waals surface area contributed by atoms with Crippen molar-refractivity contribution >= 4 is 17.5 Å². The van der Waals surface area contributed by atoms with Crippen molar-refractivity contribution in [3.05, 3.63) is 0 Å². The van der Waals surface area contributed by atoms with E-state index in [2.05, 4.69) is 25.8 Å². The fraction of sp³-hybridized carbons (Fsp3) is 0.958. The molecule has 10 heteroatoms. The van der Waals surface area contributed by atoms with Crippen LogP contribution in [0.2, 0.25) is 0 Å². The number of ketones is 1. The summed E-state index contributed by atoms with van der Waals surface area (Å²) in [5.41, 5.74) is 0. The third-order valence-electron chi connectivity index (χ3n) is 8.77. The van der Waals surface area contributed by atoms with Crippen LogP contribution in [0.25, 0.3) is 0 Å². The smallest absolute Gasteiger partial charge is 0.152 e. The number of Topliss-reactive ketones (excluding diaryl/α,β-unsaturated/α-hetero) is 1. The summed E-state index contributed by atoms with van der Waals surface area (Å²) in [4.78, 5) is 17.7. The van der Waals surface area contributed by atoms with Crippen molar-refractivity contribution in [1.82, 2.24) is 25.8 Å². The fourth-order valence-corrected chi connectivity index (χ4v) is 8.43. The molecule has 1 aliphatic carbocycles. The van der Waals surface area contributed by atoms with E-state index in [9.17, 15) is 4.79 Å². The lowest BCUT2D eigenvalue weighted by atomic mass is 9.75. The summed E-state index contributed by atoms with van der Waals surface area (Å²) in [6, 6.07) is 0.537. The summed E-state index contributed by atoms with van der Waals surface area (Å²) in [6.07, 6.45) is 7.11. The highest BCUT2D eigenvalue weighted by Crippen LogP contribution is 2.46. The lowest BCUT2D eigenvalue weighted by Gasteiger charge is -2.43. The molecule has 0 aromatic rings. The van der Waals surface area contributed by atoms with Crippen molar-refractivity contribution < 1.29 is 19.0 Å². The van der Waals surface area contributed by atoms with Gasteiger partial charge >= 0.3 is 0 Å². The molecule has 5 aliphatic heterocycles. The number of morpholine rings is 1. The second kappa shape index (κ2) is 11.0. The van der Waals surface area contributed by atoms with E-state index in [1.165, 1.54) is 25.7 Å². The Morgan fingerprint density at radius 3 is 2.56 bits per heavy atom.